The van der Waals surface area contributed by atoms with Crippen LogP contribution in [0.1, 0.15) is 24.0 Å². The Morgan fingerprint density at radius 3 is 2.39 bits per heavy atom. The molecule has 158 valence electrons. The van der Waals surface area contributed by atoms with Crippen LogP contribution < -0.4 is 4.74 Å². The molecule has 0 aliphatic carbocycles. The number of hydrogen-bond acceptors (Lipinski definition) is 4. The summed E-state index contributed by atoms with van der Waals surface area (Å²) in [7, 11) is 0. The van der Waals surface area contributed by atoms with Crippen molar-refractivity contribution in [3.8, 4) is 21.9 Å². The molecule has 0 bridgehead atoms. The Labute approximate surface area is 187 Å². The topological polar surface area (TPSA) is 32.7 Å². The molecule has 1 fully saturated rings. The Balaban J connectivity index is 1.34. The van der Waals surface area contributed by atoms with E-state index in [1.165, 1.54) is 52.0 Å². The Hall–Kier alpha value is -2.82. The first kappa shape index (κ1) is 20.1. The second-order valence-electron chi connectivity index (χ2n) is 8.17. The van der Waals surface area contributed by atoms with Gasteiger partial charge in [-0.05, 0) is 96.9 Å². The summed E-state index contributed by atoms with van der Waals surface area (Å²) >= 11 is 1.82. The van der Waals surface area contributed by atoms with E-state index in [9.17, 15) is 5.11 Å². The first-order chi connectivity index (χ1) is 15.3. The van der Waals surface area contributed by atoms with Crippen molar-refractivity contribution in [3.63, 3.8) is 0 Å². The molecule has 0 radical (unpaired) electrons. The number of thiophene rings is 1. The molecule has 1 N–H and O–H groups in total. The maximum atomic E-state index is 9.69. The van der Waals surface area contributed by atoms with Crippen molar-refractivity contribution in [1.29, 1.82) is 0 Å². The van der Waals surface area contributed by atoms with Gasteiger partial charge in [0.2, 0.25) is 0 Å². The van der Waals surface area contributed by atoms with Gasteiger partial charge in [0.15, 0.2) is 0 Å². The van der Waals surface area contributed by atoms with Gasteiger partial charge < -0.3 is 9.84 Å². The van der Waals surface area contributed by atoms with Crippen LogP contribution in [-0.2, 0) is 6.42 Å². The van der Waals surface area contributed by atoms with Crippen molar-refractivity contribution in [1.82, 2.24) is 4.90 Å². The van der Waals surface area contributed by atoms with E-state index >= 15 is 0 Å². The van der Waals surface area contributed by atoms with Gasteiger partial charge in [0.05, 0.1) is 0 Å². The van der Waals surface area contributed by atoms with Crippen molar-refractivity contribution < 1.29 is 9.84 Å². The van der Waals surface area contributed by atoms with Gasteiger partial charge >= 0.3 is 0 Å². The largest absolute Gasteiger partial charge is 0.508 e. The number of benzene rings is 3. The van der Waals surface area contributed by atoms with E-state index in [2.05, 4.69) is 53.4 Å². The number of ether oxygens (including phenoxy) is 1. The van der Waals surface area contributed by atoms with Crippen LogP contribution in [0.5, 0.6) is 11.5 Å². The fraction of sp³-hybridized carbons (Fsp3) is 0.259. The minimum atomic E-state index is 0.298. The average molecular weight is 430 g/mol. The van der Waals surface area contributed by atoms with Crippen LogP contribution in [0.15, 0.2) is 72.8 Å². The van der Waals surface area contributed by atoms with Gasteiger partial charge in [-0.3, -0.25) is 4.90 Å². The molecule has 3 aromatic carbocycles. The van der Waals surface area contributed by atoms with Gasteiger partial charge in [-0.25, -0.2) is 0 Å². The van der Waals surface area contributed by atoms with Crippen molar-refractivity contribution in [2.45, 2.75) is 19.3 Å². The molecule has 0 saturated carbocycles. The number of likely N-dealkylation sites (tertiary alicyclic amines) is 1. The molecule has 1 aliphatic heterocycles. The van der Waals surface area contributed by atoms with E-state index < -0.39 is 0 Å². The summed E-state index contributed by atoms with van der Waals surface area (Å²) < 4.78 is 7.26. The van der Waals surface area contributed by atoms with Crippen molar-refractivity contribution in [2.24, 2.45) is 0 Å². The third kappa shape index (κ3) is 4.60. The van der Waals surface area contributed by atoms with E-state index in [1.54, 1.807) is 12.1 Å². The van der Waals surface area contributed by atoms with Gasteiger partial charge in [0, 0.05) is 16.1 Å². The quantitative estimate of drug-likeness (QED) is 0.372. The lowest BCUT2D eigenvalue weighted by atomic mass is 9.99. The number of fused-ring (bicyclic) bond motifs is 1. The summed E-state index contributed by atoms with van der Waals surface area (Å²) in [4.78, 5) is 3.74. The number of phenolic OH excluding ortho intramolecular Hbond substituents is 1. The summed E-state index contributed by atoms with van der Waals surface area (Å²) in [5, 5.41) is 11.0. The molecule has 3 nitrogen and oxygen atoms in total. The van der Waals surface area contributed by atoms with E-state index in [4.69, 9.17) is 4.74 Å². The van der Waals surface area contributed by atoms with E-state index in [0.29, 0.717) is 5.75 Å². The average Bonchev–Trinajstić information content (AvgIpc) is 3.44. The predicted octanol–water partition coefficient (Wildman–Crippen LogP) is 6.34. The SMILES string of the molecule is Oc1ccc(-c2sc3ccccc3c2Cc2ccc(OCCN3CCCC3)cc2)cc1. The molecule has 0 amide bonds. The predicted molar refractivity (Wildman–Crippen MR) is 129 cm³/mol. The Morgan fingerprint density at radius 2 is 1.61 bits per heavy atom. The molecule has 0 atom stereocenters. The van der Waals surface area contributed by atoms with Crippen molar-refractivity contribution in [3.05, 3.63) is 83.9 Å². The highest BCUT2D eigenvalue weighted by Crippen LogP contribution is 2.40. The lowest BCUT2D eigenvalue weighted by molar-refractivity contribution is 0.238. The van der Waals surface area contributed by atoms with Crippen LogP contribution in [-0.4, -0.2) is 36.2 Å². The highest BCUT2D eigenvalue weighted by molar-refractivity contribution is 7.22. The highest BCUT2D eigenvalue weighted by atomic mass is 32.1. The van der Waals surface area contributed by atoms with E-state index in [1.807, 2.05) is 23.5 Å². The maximum absolute atomic E-state index is 9.69. The third-order valence-electron chi connectivity index (χ3n) is 6.01. The van der Waals surface area contributed by atoms with Crippen molar-refractivity contribution in [2.75, 3.05) is 26.2 Å². The first-order valence-electron chi connectivity index (χ1n) is 11.0. The summed E-state index contributed by atoms with van der Waals surface area (Å²) in [5.41, 5.74) is 3.76. The fourth-order valence-electron chi connectivity index (χ4n) is 4.33. The van der Waals surface area contributed by atoms with Crippen LogP contribution in [0.3, 0.4) is 0 Å². The number of phenols is 1. The monoisotopic (exact) mass is 429 g/mol. The standard InChI is InChI=1S/C27H27NO2S/c29-22-11-9-21(10-12-22)27-25(24-5-1-2-6-26(24)31-27)19-20-7-13-23(14-8-20)30-18-17-28-15-3-4-16-28/h1-2,5-14,29H,3-4,15-19H2. The van der Waals surface area contributed by atoms with Gasteiger partial charge in [0.1, 0.15) is 18.1 Å². The molecule has 4 heteroatoms. The molecule has 31 heavy (non-hydrogen) atoms. The second-order valence-corrected chi connectivity index (χ2v) is 9.22. The molecule has 1 aromatic heterocycles. The molecule has 2 heterocycles. The molecular formula is C27H27NO2S. The fourth-order valence-corrected chi connectivity index (χ4v) is 5.55. The number of nitrogens with zero attached hydrogens (tertiary/aromatic N) is 1. The molecule has 0 spiro atoms. The maximum Gasteiger partial charge on any atom is 0.119 e. The minimum Gasteiger partial charge on any atom is -0.508 e. The second kappa shape index (κ2) is 9.13. The Morgan fingerprint density at radius 1 is 0.871 bits per heavy atom. The van der Waals surface area contributed by atoms with Gasteiger partial charge in [-0.2, -0.15) is 0 Å². The number of rotatable bonds is 7. The summed E-state index contributed by atoms with van der Waals surface area (Å²) in [5.74, 6) is 1.24. The minimum absolute atomic E-state index is 0.298. The summed E-state index contributed by atoms with van der Waals surface area (Å²) in [6.07, 6.45) is 3.50. The summed E-state index contributed by atoms with van der Waals surface area (Å²) in [6, 6.07) is 24.7. The zero-order valence-electron chi connectivity index (χ0n) is 17.6. The normalized spacial score (nSPS) is 14.3. The van der Waals surface area contributed by atoms with Crippen LogP contribution in [0, 0.1) is 0 Å². The van der Waals surface area contributed by atoms with Crippen LogP contribution in [0.4, 0.5) is 0 Å². The van der Waals surface area contributed by atoms with Gasteiger partial charge in [-0.1, -0.05) is 30.3 Å². The molecule has 1 aliphatic rings. The van der Waals surface area contributed by atoms with Crippen molar-refractivity contribution >= 4 is 21.4 Å². The number of aromatic hydroxyl groups is 1. The van der Waals surface area contributed by atoms with Crippen LogP contribution >= 0.6 is 11.3 Å². The highest BCUT2D eigenvalue weighted by Gasteiger charge is 2.15. The van der Waals surface area contributed by atoms with Gasteiger partial charge in [-0.15, -0.1) is 11.3 Å². The lowest BCUT2D eigenvalue weighted by Gasteiger charge is -2.15. The lowest BCUT2D eigenvalue weighted by Crippen LogP contribution is -2.25. The molecular weight excluding hydrogens is 402 g/mol. The zero-order valence-corrected chi connectivity index (χ0v) is 18.4. The van der Waals surface area contributed by atoms with E-state index in [-0.39, 0.29) is 0 Å². The third-order valence-corrected chi connectivity index (χ3v) is 7.27. The Kier molecular flexibility index (Phi) is 5.92. The number of hydrogen-bond donors (Lipinski definition) is 1. The first-order valence-corrected chi connectivity index (χ1v) is 11.8. The Bertz CT molecular complexity index is 1140. The molecule has 0 unspecified atom stereocenters. The van der Waals surface area contributed by atoms with Gasteiger partial charge in [0.25, 0.3) is 0 Å². The smallest absolute Gasteiger partial charge is 0.119 e. The van der Waals surface area contributed by atoms with Crippen LogP contribution in [0.2, 0.25) is 0 Å². The molecule has 5 rings (SSSR count). The zero-order chi connectivity index (χ0) is 21.0. The summed E-state index contributed by atoms with van der Waals surface area (Å²) in [6.45, 7) is 4.18. The van der Waals surface area contributed by atoms with Crippen LogP contribution in [0.25, 0.3) is 20.5 Å². The van der Waals surface area contributed by atoms with E-state index in [0.717, 1.165) is 30.9 Å². The molecule has 4 aromatic rings. The molecule has 1 saturated heterocycles.